The van der Waals surface area contributed by atoms with Gasteiger partial charge in [0.15, 0.2) is 0 Å². The molecule has 0 N–H and O–H groups in total. The van der Waals surface area contributed by atoms with E-state index in [-0.39, 0.29) is 12.3 Å². The number of hydrogen-bond donors (Lipinski definition) is 0. The number of hydrogen-bond acceptors (Lipinski definition) is 3. The van der Waals surface area contributed by atoms with Crippen LogP contribution in [0.5, 0.6) is 0 Å². The summed E-state index contributed by atoms with van der Waals surface area (Å²) in [4.78, 5) is 24.5. The molecule has 1 aliphatic heterocycles. The number of amides is 1. The Balaban J connectivity index is 2.47. The van der Waals surface area contributed by atoms with Crippen LogP contribution in [-0.4, -0.2) is 49.1 Å². The van der Waals surface area contributed by atoms with Gasteiger partial charge < -0.3 is 4.90 Å². The van der Waals surface area contributed by atoms with Gasteiger partial charge in [-0.3, -0.25) is 9.69 Å². The first-order valence-electron chi connectivity index (χ1n) is 6.75. The zero-order valence-electron chi connectivity index (χ0n) is 13.0. The van der Waals surface area contributed by atoms with Crippen LogP contribution < -0.4 is 0 Å². The molecule has 1 amide bonds. The second-order valence-corrected chi connectivity index (χ2v) is 6.47. The van der Waals surface area contributed by atoms with Crippen LogP contribution in [0.3, 0.4) is 0 Å². The third-order valence-corrected chi connectivity index (χ3v) is 4.20. The summed E-state index contributed by atoms with van der Waals surface area (Å²) in [6.45, 7) is 1.89. The highest BCUT2D eigenvalue weighted by atomic mass is 35.5. The number of nitrogens with zero attached hydrogens (tertiary/aromatic N) is 4. The summed E-state index contributed by atoms with van der Waals surface area (Å²) in [6.07, 6.45) is 1.87. The Labute approximate surface area is 140 Å². The van der Waals surface area contributed by atoms with Gasteiger partial charge in [0.25, 0.3) is 0 Å². The highest BCUT2D eigenvalue weighted by molar-refractivity contribution is 6.42. The maximum atomic E-state index is 12.3. The maximum Gasteiger partial charge on any atom is 0.231 e. The molecule has 118 valence electrons. The van der Waals surface area contributed by atoms with Crippen molar-refractivity contribution >= 4 is 41.4 Å². The van der Waals surface area contributed by atoms with Gasteiger partial charge in [-0.15, -0.1) is 0 Å². The van der Waals surface area contributed by atoms with E-state index in [0.717, 1.165) is 5.56 Å². The summed E-state index contributed by atoms with van der Waals surface area (Å²) >= 11 is 12.0. The third-order valence-electron chi connectivity index (χ3n) is 3.46. The summed E-state index contributed by atoms with van der Waals surface area (Å²) in [7, 11) is 5.38. The fourth-order valence-corrected chi connectivity index (χ4v) is 2.44. The zero-order chi connectivity index (χ0) is 16.5. The van der Waals surface area contributed by atoms with Gasteiger partial charge >= 0.3 is 0 Å². The number of aliphatic imine (C=N–C) groups is 2. The predicted molar refractivity (Wildman–Crippen MR) is 90.8 cm³/mol. The van der Waals surface area contributed by atoms with Crippen molar-refractivity contribution in [2.75, 3.05) is 21.1 Å². The zero-order valence-corrected chi connectivity index (χ0v) is 14.5. The van der Waals surface area contributed by atoms with E-state index >= 15 is 0 Å². The number of carbonyl (C=O) groups is 1. The van der Waals surface area contributed by atoms with Crippen molar-refractivity contribution in [2.45, 2.75) is 18.9 Å². The fourth-order valence-electron chi connectivity index (χ4n) is 2.14. The Kier molecular flexibility index (Phi) is 4.78. The van der Waals surface area contributed by atoms with Crippen LogP contribution in [0.4, 0.5) is 0 Å². The number of rotatable bonds is 2. The molecule has 0 saturated carbocycles. The average Bonchev–Trinajstić information content (AvgIpc) is 2.44. The Morgan fingerprint density at radius 3 is 2.64 bits per heavy atom. The molecule has 1 aromatic carbocycles. The van der Waals surface area contributed by atoms with Gasteiger partial charge in [0.1, 0.15) is 0 Å². The van der Waals surface area contributed by atoms with Crippen LogP contribution in [0, 0.1) is 0 Å². The van der Waals surface area contributed by atoms with E-state index in [2.05, 4.69) is 9.98 Å². The minimum absolute atomic E-state index is 0.0468. The van der Waals surface area contributed by atoms with Gasteiger partial charge in [-0.2, -0.15) is 0 Å². The second-order valence-electron chi connectivity index (χ2n) is 5.65. The normalized spacial score (nSPS) is 22.2. The van der Waals surface area contributed by atoms with Gasteiger partial charge in [-0.05, 0) is 24.6 Å². The van der Waals surface area contributed by atoms with Gasteiger partial charge in [0.2, 0.25) is 11.9 Å². The standard InChI is InChI=1S/C15H18Cl2N4O/c1-15(10-5-6-11(16)12(17)7-10)8-13(22)21(4)14(19-15)18-9-20(2)3/h5-7,9H,8H2,1-4H3. The molecule has 1 aromatic rings. The quantitative estimate of drug-likeness (QED) is 0.613. The molecule has 0 aromatic heterocycles. The van der Waals surface area contributed by atoms with Crippen molar-refractivity contribution in [3.63, 3.8) is 0 Å². The Morgan fingerprint density at radius 2 is 2.05 bits per heavy atom. The number of guanidine groups is 1. The molecule has 1 heterocycles. The predicted octanol–water partition coefficient (Wildman–Crippen LogP) is 3.02. The minimum atomic E-state index is -0.711. The van der Waals surface area contributed by atoms with E-state index in [0.29, 0.717) is 16.0 Å². The van der Waals surface area contributed by atoms with Gasteiger partial charge in [-0.1, -0.05) is 29.3 Å². The lowest BCUT2D eigenvalue weighted by molar-refractivity contribution is -0.128. The van der Waals surface area contributed by atoms with E-state index in [9.17, 15) is 4.79 Å². The van der Waals surface area contributed by atoms with Crippen LogP contribution >= 0.6 is 23.2 Å². The molecule has 1 aliphatic rings. The average molecular weight is 341 g/mol. The van der Waals surface area contributed by atoms with Gasteiger partial charge in [-0.25, -0.2) is 9.98 Å². The van der Waals surface area contributed by atoms with E-state index in [1.54, 1.807) is 30.4 Å². The first kappa shape index (κ1) is 16.8. The van der Waals surface area contributed by atoms with Gasteiger partial charge in [0, 0.05) is 21.1 Å². The lowest BCUT2D eigenvalue weighted by Crippen LogP contribution is -2.43. The molecule has 0 fully saturated rings. The maximum absolute atomic E-state index is 12.3. The summed E-state index contributed by atoms with van der Waals surface area (Å²) < 4.78 is 0. The molecule has 5 nitrogen and oxygen atoms in total. The van der Waals surface area contributed by atoms with E-state index in [4.69, 9.17) is 23.2 Å². The van der Waals surface area contributed by atoms with Crippen LogP contribution in [-0.2, 0) is 10.3 Å². The first-order valence-corrected chi connectivity index (χ1v) is 7.51. The largest absolute Gasteiger partial charge is 0.369 e. The molecule has 0 radical (unpaired) electrons. The van der Waals surface area contributed by atoms with Crippen molar-refractivity contribution in [3.8, 4) is 0 Å². The Morgan fingerprint density at radius 1 is 1.36 bits per heavy atom. The molecule has 0 aliphatic carbocycles. The molecule has 22 heavy (non-hydrogen) atoms. The summed E-state index contributed by atoms with van der Waals surface area (Å²) in [6, 6.07) is 5.30. The van der Waals surface area contributed by atoms with Crippen molar-refractivity contribution in [1.82, 2.24) is 9.80 Å². The third kappa shape index (κ3) is 3.42. The van der Waals surface area contributed by atoms with Crippen LogP contribution in [0.1, 0.15) is 18.9 Å². The fraction of sp³-hybridized carbons (Fsp3) is 0.400. The SMILES string of the molecule is CN(C)C=NC1=NC(C)(c2ccc(Cl)c(Cl)c2)CC(=O)N1C. The molecule has 0 spiro atoms. The van der Waals surface area contributed by atoms with E-state index < -0.39 is 5.54 Å². The van der Waals surface area contributed by atoms with E-state index in [1.807, 2.05) is 27.1 Å². The Hall–Kier alpha value is -1.59. The Bertz CT molecular complexity index is 657. The lowest BCUT2D eigenvalue weighted by Gasteiger charge is -2.33. The minimum Gasteiger partial charge on any atom is -0.369 e. The van der Waals surface area contributed by atoms with Crippen LogP contribution in [0.25, 0.3) is 0 Å². The molecule has 7 heteroatoms. The summed E-state index contributed by atoms with van der Waals surface area (Å²) in [5.41, 5.74) is 0.123. The van der Waals surface area contributed by atoms with Crippen LogP contribution in [0.15, 0.2) is 28.2 Å². The molecule has 0 bridgehead atoms. The molecule has 2 rings (SSSR count). The second kappa shape index (κ2) is 6.26. The van der Waals surface area contributed by atoms with Crippen molar-refractivity contribution in [1.29, 1.82) is 0 Å². The highest BCUT2D eigenvalue weighted by Gasteiger charge is 2.37. The smallest absolute Gasteiger partial charge is 0.231 e. The first-order chi connectivity index (χ1) is 10.2. The summed E-state index contributed by atoms with van der Waals surface area (Å²) in [5, 5.41) is 0.920. The molecular weight excluding hydrogens is 323 g/mol. The number of carbonyl (C=O) groups excluding carboxylic acids is 1. The highest BCUT2D eigenvalue weighted by Crippen LogP contribution is 2.36. The number of benzene rings is 1. The van der Waals surface area contributed by atoms with Gasteiger partial charge in [0.05, 0.1) is 28.3 Å². The number of halogens is 2. The molecular formula is C15H18Cl2N4O. The monoisotopic (exact) mass is 340 g/mol. The van der Waals surface area contributed by atoms with Crippen LogP contribution in [0.2, 0.25) is 10.0 Å². The summed E-state index contributed by atoms with van der Waals surface area (Å²) in [5.74, 6) is 0.327. The lowest BCUT2D eigenvalue weighted by atomic mass is 9.88. The molecule has 1 unspecified atom stereocenters. The molecule has 1 atom stereocenters. The topological polar surface area (TPSA) is 48.3 Å². The van der Waals surface area contributed by atoms with Crippen molar-refractivity contribution < 1.29 is 4.79 Å². The van der Waals surface area contributed by atoms with E-state index in [1.165, 1.54) is 4.90 Å². The van der Waals surface area contributed by atoms with Crippen molar-refractivity contribution in [3.05, 3.63) is 33.8 Å². The van der Waals surface area contributed by atoms with Crippen molar-refractivity contribution in [2.24, 2.45) is 9.98 Å². The molecule has 0 saturated heterocycles.